The van der Waals surface area contributed by atoms with Gasteiger partial charge in [0, 0.05) is 11.5 Å². The van der Waals surface area contributed by atoms with Crippen molar-refractivity contribution in [3.05, 3.63) is 28.8 Å². The number of carbonyl (C=O) groups is 1. The summed E-state index contributed by atoms with van der Waals surface area (Å²) >= 11 is 1.42. The van der Waals surface area contributed by atoms with Crippen LogP contribution in [-0.2, 0) is 0 Å². The van der Waals surface area contributed by atoms with Crippen molar-refractivity contribution >= 4 is 22.4 Å². The summed E-state index contributed by atoms with van der Waals surface area (Å²) in [6.45, 7) is 4.24. The fraction of sp³-hybridized carbons (Fsp3) is 0.438. The molecule has 1 aromatic heterocycles. The molecule has 0 aliphatic carbocycles. The van der Waals surface area contributed by atoms with Crippen molar-refractivity contribution in [1.82, 2.24) is 10.2 Å². The van der Waals surface area contributed by atoms with Gasteiger partial charge in [0.25, 0.3) is 5.91 Å². The molecule has 0 atom stereocenters. The van der Waals surface area contributed by atoms with E-state index in [1.807, 2.05) is 0 Å². The summed E-state index contributed by atoms with van der Waals surface area (Å²) in [6, 6.07) is 5.01. The average molecular weight is 335 g/mol. The van der Waals surface area contributed by atoms with Gasteiger partial charge in [-0.05, 0) is 31.0 Å². The van der Waals surface area contributed by atoms with Crippen LogP contribution in [0.25, 0.3) is 0 Å². The number of ether oxygens (including phenoxy) is 2. The number of hydrogen-bond donors (Lipinski definition) is 1. The fourth-order valence-corrected chi connectivity index (χ4v) is 3.24. The van der Waals surface area contributed by atoms with Crippen molar-refractivity contribution in [1.29, 1.82) is 0 Å². The highest BCUT2D eigenvalue weighted by molar-refractivity contribution is 7.15. The number of benzene rings is 1. The van der Waals surface area contributed by atoms with E-state index < -0.39 is 0 Å². The molecule has 0 spiro atoms. The molecule has 2 aromatic rings. The second kappa shape index (κ2) is 7.92. The SMILES string of the molecule is CCC(CC)c1nnc(NC(=O)c2ccc(OC)c(OC)c2)s1. The Balaban J connectivity index is 2.13. The van der Waals surface area contributed by atoms with Crippen LogP contribution in [0.4, 0.5) is 5.13 Å². The van der Waals surface area contributed by atoms with Gasteiger partial charge in [-0.25, -0.2) is 0 Å². The minimum Gasteiger partial charge on any atom is -0.493 e. The molecule has 0 aliphatic rings. The molecule has 0 radical (unpaired) electrons. The van der Waals surface area contributed by atoms with Gasteiger partial charge in [0.05, 0.1) is 14.2 Å². The minimum absolute atomic E-state index is 0.252. The number of nitrogens with one attached hydrogen (secondary N) is 1. The Morgan fingerprint density at radius 3 is 2.48 bits per heavy atom. The van der Waals surface area contributed by atoms with Crippen LogP contribution in [0, 0.1) is 0 Å². The number of amides is 1. The first-order valence-electron chi connectivity index (χ1n) is 7.49. The maximum atomic E-state index is 12.3. The van der Waals surface area contributed by atoms with Crippen LogP contribution in [0.5, 0.6) is 11.5 Å². The zero-order valence-corrected chi connectivity index (χ0v) is 14.6. The van der Waals surface area contributed by atoms with Crippen LogP contribution in [0.2, 0.25) is 0 Å². The summed E-state index contributed by atoms with van der Waals surface area (Å²) in [7, 11) is 3.09. The summed E-state index contributed by atoms with van der Waals surface area (Å²) in [5.41, 5.74) is 0.474. The Bertz CT molecular complexity index is 668. The van der Waals surface area contributed by atoms with E-state index in [1.54, 1.807) is 25.3 Å². The molecule has 0 saturated carbocycles. The van der Waals surface area contributed by atoms with Gasteiger partial charge in [0.2, 0.25) is 5.13 Å². The highest BCUT2D eigenvalue weighted by Crippen LogP contribution is 2.30. The van der Waals surface area contributed by atoms with Crippen LogP contribution < -0.4 is 14.8 Å². The molecule has 2 rings (SSSR count). The van der Waals surface area contributed by atoms with Gasteiger partial charge >= 0.3 is 0 Å². The van der Waals surface area contributed by atoms with Gasteiger partial charge in [-0.3, -0.25) is 10.1 Å². The molecule has 0 aliphatic heterocycles. The van der Waals surface area contributed by atoms with Gasteiger partial charge in [-0.1, -0.05) is 25.2 Å². The largest absolute Gasteiger partial charge is 0.493 e. The highest BCUT2D eigenvalue weighted by Gasteiger charge is 2.16. The lowest BCUT2D eigenvalue weighted by Gasteiger charge is -2.09. The quantitative estimate of drug-likeness (QED) is 0.835. The maximum absolute atomic E-state index is 12.3. The van der Waals surface area contributed by atoms with Crippen LogP contribution in [0.1, 0.15) is 48.0 Å². The van der Waals surface area contributed by atoms with Gasteiger partial charge in [0.1, 0.15) is 5.01 Å². The predicted molar refractivity (Wildman–Crippen MR) is 90.7 cm³/mol. The first-order valence-corrected chi connectivity index (χ1v) is 8.31. The molecule has 7 heteroatoms. The maximum Gasteiger partial charge on any atom is 0.257 e. The summed E-state index contributed by atoms with van der Waals surface area (Å²) in [4.78, 5) is 12.3. The van der Waals surface area contributed by atoms with Crippen LogP contribution >= 0.6 is 11.3 Å². The van der Waals surface area contributed by atoms with Crippen molar-refractivity contribution in [2.24, 2.45) is 0 Å². The first-order chi connectivity index (χ1) is 11.1. The number of hydrogen-bond acceptors (Lipinski definition) is 6. The van der Waals surface area contributed by atoms with E-state index in [0.29, 0.717) is 28.1 Å². The average Bonchev–Trinajstić information content (AvgIpc) is 3.03. The molecule has 1 amide bonds. The summed E-state index contributed by atoms with van der Waals surface area (Å²) in [6.07, 6.45) is 2.02. The van der Waals surface area contributed by atoms with Gasteiger partial charge in [-0.2, -0.15) is 0 Å². The smallest absolute Gasteiger partial charge is 0.257 e. The Labute approximate surface area is 139 Å². The number of anilines is 1. The summed E-state index contributed by atoms with van der Waals surface area (Å²) in [5.74, 6) is 1.23. The normalized spacial score (nSPS) is 10.7. The molecule has 1 aromatic carbocycles. The Morgan fingerprint density at radius 1 is 1.17 bits per heavy atom. The van der Waals surface area contributed by atoms with Crippen molar-refractivity contribution < 1.29 is 14.3 Å². The molecule has 6 nitrogen and oxygen atoms in total. The number of methoxy groups -OCH3 is 2. The topological polar surface area (TPSA) is 73.3 Å². The van der Waals surface area contributed by atoms with Gasteiger partial charge in [0.15, 0.2) is 11.5 Å². The van der Waals surface area contributed by atoms with E-state index in [1.165, 1.54) is 18.4 Å². The third-order valence-corrected chi connectivity index (χ3v) is 4.64. The molecule has 0 saturated heterocycles. The van der Waals surface area contributed by atoms with E-state index in [9.17, 15) is 4.79 Å². The van der Waals surface area contributed by atoms with Gasteiger partial charge < -0.3 is 9.47 Å². The zero-order valence-electron chi connectivity index (χ0n) is 13.8. The monoisotopic (exact) mass is 335 g/mol. The summed E-state index contributed by atoms with van der Waals surface area (Å²) in [5, 5.41) is 12.5. The Morgan fingerprint density at radius 2 is 1.87 bits per heavy atom. The lowest BCUT2D eigenvalue weighted by molar-refractivity contribution is 0.102. The Kier molecular flexibility index (Phi) is 5.92. The van der Waals surface area contributed by atoms with E-state index in [2.05, 4.69) is 29.4 Å². The second-order valence-electron chi connectivity index (χ2n) is 4.98. The third-order valence-electron chi connectivity index (χ3n) is 3.64. The number of carbonyl (C=O) groups excluding carboxylic acids is 1. The molecular weight excluding hydrogens is 314 g/mol. The van der Waals surface area contributed by atoms with E-state index in [0.717, 1.165) is 17.8 Å². The second-order valence-corrected chi connectivity index (χ2v) is 5.99. The number of nitrogens with zero attached hydrogens (tertiary/aromatic N) is 2. The predicted octanol–water partition coefficient (Wildman–Crippen LogP) is 3.71. The number of rotatable bonds is 7. The fourth-order valence-electron chi connectivity index (χ4n) is 2.23. The van der Waals surface area contributed by atoms with E-state index >= 15 is 0 Å². The zero-order chi connectivity index (χ0) is 16.8. The van der Waals surface area contributed by atoms with Crippen molar-refractivity contribution in [2.75, 3.05) is 19.5 Å². The molecule has 0 fully saturated rings. The van der Waals surface area contributed by atoms with E-state index in [-0.39, 0.29) is 5.91 Å². The molecule has 1 N–H and O–H groups in total. The lowest BCUT2D eigenvalue weighted by Crippen LogP contribution is -2.12. The standard InChI is InChI=1S/C16H21N3O3S/c1-5-10(6-2)15-18-19-16(23-15)17-14(20)11-7-8-12(21-3)13(9-11)22-4/h7-10H,5-6H2,1-4H3,(H,17,19,20). The van der Waals surface area contributed by atoms with Crippen molar-refractivity contribution in [3.63, 3.8) is 0 Å². The van der Waals surface area contributed by atoms with Crippen molar-refractivity contribution in [2.45, 2.75) is 32.6 Å². The van der Waals surface area contributed by atoms with Crippen LogP contribution in [0.15, 0.2) is 18.2 Å². The Hall–Kier alpha value is -2.15. The molecule has 1 heterocycles. The van der Waals surface area contributed by atoms with Crippen molar-refractivity contribution in [3.8, 4) is 11.5 Å². The highest BCUT2D eigenvalue weighted by atomic mass is 32.1. The lowest BCUT2D eigenvalue weighted by atomic mass is 10.1. The van der Waals surface area contributed by atoms with Gasteiger partial charge in [-0.15, -0.1) is 10.2 Å². The molecule has 0 unspecified atom stereocenters. The number of aromatic nitrogens is 2. The third kappa shape index (κ3) is 3.98. The minimum atomic E-state index is -0.252. The molecule has 23 heavy (non-hydrogen) atoms. The van der Waals surface area contributed by atoms with E-state index in [4.69, 9.17) is 9.47 Å². The molecule has 124 valence electrons. The van der Waals surface area contributed by atoms with Crippen LogP contribution in [-0.4, -0.2) is 30.3 Å². The molecular formula is C16H21N3O3S. The first kappa shape index (κ1) is 17.2. The molecule has 0 bridgehead atoms. The summed E-state index contributed by atoms with van der Waals surface area (Å²) < 4.78 is 10.4. The van der Waals surface area contributed by atoms with Crippen LogP contribution in [0.3, 0.4) is 0 Å².